The molecule has 14 heavy (non-hydrogen) atoms. The van der Waals surface area contributed by atoms with Gasteiger partial charge in [0, 0.05) is 6.07 Å². The molecule has 0 unspecified atom stereocenters. The fourth-order valence-corrected chi connectivity index (χ4v) is 1.20. The largest absolute Gasteiger partial charge is 0.574 e. The summed E-state index contributed by atoms with van der Waals surface area (Å²) in [4.78, 5) is 3.40. The minimum atomic E-state index is -4.75. The monoisotopic (exact) mass is 289 g/mol. The van der Waals surface area contributed by atoms with E-state index >= 15 is 0 Å². The molecule has 1 aromatic rings. The third-order valence-electron chi connectivity index (χ3n) is 1.30. The average Bonchev–Trinajstić information content (AvgIpc) is 1.96. The summed E-state index contributed by atoms with van der Waals surface area (Å²) in [5.41, 5.74) is 0.518. The molecule has 0 aliphatic carbocycles. The predicted molar refractivity (Wildman–Crippen MR) is 48.4 cm³/mol. The van der Waals surface area contributed by atoms with Gasteiger partial charge in [-0.05, 0) is 28.4 Å². The summed E-state index contributed by atoms with van der Waals surface area (Å²) >= 11 is 8.60. The van der Waals surface area contributed by atoms with E-state index in [1.165, 1.54) is 0 Å². The van der Waals surface area contributed by atoms with Gasteiger partial charge in [-0.1, -0.05) is 11.6 Å². The Labute approximate surface area is 91.2 Å². The predicted octanol–water partition coefficient (Wildman–Crippen LogP) is 3.70. The first-order valence-corrected chi connectivity index (χ1v) is 4.55. The fourth-order valence-electron chi connectivity index (χ4n) is 0.760. The zero-order chi connectivity index (χ0) is 10.9. The van der Waals surface area contributed by atoms with E-state index in [-0.39, 0.29) is 5.15 Å². The molecule has 0 saturated carbocycles. The molecule has 0 amide bonds. The van der Waals surface area contributed by atoms with Gasteiger partial charge in [0.1, 0.15) is 5.15 Å². The van der Waals surface area contributed by atoms with Gasteiger partial charge >= 0.3 is 6.36 Å². The Balaban J connectivity index is 3.02. The highest BCUT2D eigenvalue weighted by molar-refractivity contribution is 9.10. The number of halogens is 5. The number of aromatic nitrogens is 1. The van der Waals surface area contributed by atoms with E-state index in [1.54, 1.807) is 6.92 Å². The Hall–Kier alpha value is -0.490. The molecule has 0 saturated heterocycles. The highest BCUT2D eigenvalue weighted by atomic mass is 79.9. The van der Waals surface area contributed by atoms with Crippen LogP contribution in [0.1, 0.15) is 5.56 Å². The van der Waals surface area contributed by atoms with Gasteiger partial charge in [0.2, 0.25) is 5.88 Å². The molecule has 0 spiro atoms. The Morgan fingerprint density at radius 2 is 2.07 bits per heavy atom. The van der Waals surface area contributed by atoms with Crippen molar-refractivity contribution in [2.45, 2.75) is 13.3 Å². The summed E-state index contributed by atoms with van der Waals surface area (Å²) in [5.74, 6) is -0.566. The van der Waals surface area contributed by atoms with E-state index in [4.69, 9.17) is 11.6 Å². The van der Waals surface area contributed by atoms with Gasteiger partial charge < -0.3 is 4.74 Å². The maximum Gasteiger partial charge on any atom is 0.574 e. The number of hydrogen-bond donors (Lipinski definition) is 0. The first-order chi connectivity index (χ1) is 6.29. The van der Waals surface area contributed by atoms with Gasteiger partial charge in [-0.2, -0.15) is 0 Å². The van der Waals surface area contributed by atoms with Gasteiger partial charge in [-0.25, -0.2) is 4.98 Å². The number of ether oxygens (including phenoxy) is 1. The quantitative estimate of drug-likeness (QED) is 0.736. The Kier molecular flexibility index (Phi) is 3.26. The zero-order valence-electron chi connectivity index (χ0n) is 6.82. The van der Waals surface area contributed by atoms with Crippen LogP contribution in [0.15, 0.2) is 10.5 Å². The zero-order valence-corrected chi connectivity index (χ0v) is 9.16. The van der Waals surface area contributed by atoms with Crippen LogP contribution < -0.4 is 4.74 Å². The summed E-state index contributed by atoms with van der Waals surface area (Å²) in [6, 6.07) is 1.14. The van der Waals surface area contributed by atoms with Crippen LogP contribution in [0, 0.1) is 6.92 Å². The summed E-state index contributed by atoms with van der Waals surface area (Å²) < 4.78 is 39.4. The highest BCUT2D eigenvalue weighted by Crippen LogP contribution is 2.29. The van der Waals surface area contributed by atoms with Crippen LogP contribution in [0.5, 0.6) is 5.88 Å². The molecule has 0 aliphatic heterocycles. The SMILES string of the molecule is Cc1cc(OC(F)(F)F)nc(Cl)c1Br. The van der Waals surface area contributed by atoms with Gasteiger partial charge in [0.05, 0.1) is 4.47 Å². The lowest BCUT2D eigenvalue weighted by Gasteiger charge is -2.09. The number of pyridine rings is 1. The summed E-state index contributed by atoms with van der Waals surface area (Å²) in [6.45, 7) is 1.58. The molecule has 0 atom stereocenters. The molecule has 0 fully saturated rings. The van der Waals surface area contributed by atoms with E-state index in [1.807, 2.05) is 0 Å². The number of aryl methyl sites for hydroxylation is 1. The van der Waals surface area contributed by atoms with Crippen LogP contribution in [0.3, 0.4) is 0 Å². The van der Waals surface area contributed by atoms with Crippen molar-refractivity contribution in [1.82, 2.24) is 4.98 Å². The van der Waals surface area contributed by atoms with Crippen molar-refractivity contribution in [3.05, 3.63) is 21.3 Å². The number of hydrogen-bond acceptors (Lipinski definition) is 2. The minimum absolute atomic E-state index is 0.0655. The molecular formula is C7H4BrClF3NO. The summed E-state index contributed by atoms with van der Waals surface area (Å²) in [5, 5.41) is -0.0655. The molecule has 0 aliphatic rings. The summed E-state index contributed by atoms with van der Waals surface area (Å²) in [6.07, 6.45) is -4.75. The van der Waals surface area contributed by atoms with Crippen LogP contribution in [-0.4, -0.2) is 11.3 Å². The number of rotatable bonds is 1. The molecule has 0 N–H and O–H groups in total. The van der Waals surface area contributed by atoms with Crippen LogP contribution in [-0.2, 0) is 0 Å². The molecule has 1 heterocycles. The standard InChI is InChI=1S/C7H4BrClF3NO/c1-3-2-4(14-7(10,11)12)13-6(9)5(3)8/h2H,1H3. The smallest absolute Gasteiger partial charge is 0.388 e. The molecule has 1 aromatic heterocycles. The molecule has 2 nitrogen and oxygen atoms in total. The Morgan fingerprint density at radius 1 is 1.50 bits per heavy atom. The number of alkyl halides is 3. The van der Waals surface area contributed by atoms with Gasteiger partial charge in [-0.15, -0.1) is 13.2 Å². The molecule has 0 aromatic carbocycles. The lowest BCUT2D eigenvalue weighted by molar-refractivity contribution is -0.276. The fraction of sp³-hybridized carbons (Fsp3) is 0.286. The molecule has 0 bridgehead atoms. The second kappa shape index (κ2) is 3.94. The number of nitrogens with zero attached hydrogens (tertiary/aromatic N) is 1. The van der Waals surface area contributed by atoms with Crippen molar-refractivity contribution in [2.24, 2.45) is 0 Å². The van der Waals surface area contributed by atoms with Crippen molar-refractivity contribution in [2.75, 3.05) is 0 Å². The van der Waals surface area contributed by atoms with Gasteiger partial charge in [0.25, 0.3) is 0 Å². The van der Waals surface area contributed by atoms with Crippen LogP contribution in [0.25, 0.3) is 0 Å². The van der Waals surface area contributed by atoms with Crippen molar-refractivity contribution in [3.8, 4) is 5.88 Å². The highest BCUT2D eigenvalue weighted by Gasteiger charge is 2.32. The maximum absolute atomic E-state index is 11.8. The summed E-state index contributed by atoms with van der Waals surface area (Å²) in [7, 11) is 0. The van der Waals surface area contributed by atoms with Crippen molar-refractivity contribution in [1.29, 1.82) is 0 Å². The Morgan fingerprint density at radius 3 is 2.50 bits per heavy atom. The third-order valence-corrected chi connectivity index (χ3v) is 2.80. The molecule has 78 valence electrons. The lowest BCUT2D eigenvalue weighted by atomic mass is 10.3. The van der Waals surface area contributed by atoms with Crippen LogP contribution in [0.2, 0.25) is 5.15 Å². The second-order valence-corrected chi connectivity index (χ2v) is 3.58. The van der Waals surface area contributed by atoms with E-state index in [0.717, 1.165) is 6.07 Å². The normalized spacial score (nSPS) is 11.6. The third kappa shape index (κ3) is 3.02. The molecule has 0 radical (unpaired) electrons. The van der Waals surface area contributed by atoms with E-state index in [2.05, 4.69) is 25.7 Å². The van der Waals surface area contributed by atoms with E-state index in [0.29, 0.717) is 10.0 Å². The minimum Gasteiger partial charge on any atom is -0.388 e. The molecule has 7 heteroatoms. The maximum atomic E-state index is 11.8. The van der Waals surface area contributed by atoms with Crippen molar-refractivity contribution < 1.29 is 17.9 Å². The first-order valence-electron chi connectivity index (χ1n) is 3.38. The van der Waals surface area contributed by atoms with E-state index in [9.17, 15) is 13.2 Å². The van der Waals surface area contributed by atoms with Crippen LogP contribution in [0.4, 0.5) is 13.2 Å². The average molecular weight is 290 g/mol. The van der Waals surface area contributed by atoms with Crippen molar-refractivity contribution >= 4 is 27.5 Å². The molecule has 1 rings (SSSR count). The van der Waals surface area contributed by atoms with Gasteiger partial charge in [0.15, 0.2) is 0 Å². The topological polar surface area (TPSA) is 22.1 Å². The lowest BCUT2D eigenvalue weighted by Crippen LogP contribution is -2.18. The molecular weight excluding hydrogens is 286 g/mol. The van der Waals surface area contributed by atoms with Gasteiger partial charge in [-0.3, -0.25) is 0 Å². The Bertz CT molecular complexity index is 332. The van der Waals surface area contributed by atoms with Crippen LogP contribution >= 0.6 is 27.5 Å². The van der Waals surface area contributed by atoms with Crippen molar-refractivity contribution in [3.63, 3.8) is 0 Å². The second-order valence-electron chi connectivity index (χ2n) is 2.43. The first kappa shape index (κ1) is 11.6. The van der Waals surface area contributed by atoms with E-state index < -0.39 is 12.2 Å².